The Balaban J connectivity index is -0.000000529. The maximum Gasteiger partial charge on any atom is 2.00 e. The largest absolute Gasteiger partial charge is 2.00 e. The maximum atomic E-state index is 5.11. The van der Waals surface area contributed by atoms with Gasteiger partial charge in [-0.3, -0.25) is 0 Å². The predicted molar refractivity (Wildman–Crippen MR) is 165 cm³/mol. The van der Waals surface area contributed by atoms with Crippen LogP contribution in [0.3, 0.4) is 0 Å². The van der Waals surface area contributed by atoms with Crippen molar-refractivity contribution in [1.82, 2.24) is 9.80 Å². The van der Waals surface area contributed by atoms with Crippen LogP contribution in [0.25, 0.3) is 0 Å². The molecular weight excluding hydrogens is 676 g/mol. The van der Waals surface area contributed by atoms with Crippen LogP contribution in [0.1, 0.15) is 130 Å². The van der Waals surface area contributed by atoms with Crippen molar-refractivity contribution >= 4 is 85.6 Å². The maximum absolute atomic E-state index is 5.11. The minimum absolute atomic E-state index is 0. The molecule has 0 unspecified atom stereocenters. The summed E-state index contributed by atoms with van der Waals surface area (Å²) in [5.74, 6) is 0. The molecule has 194 valence electrons. The molecule has 0 saturated heterocycles. The Labute approximate surface area is 250 Å². The average molecular weight is 728 g/mol. The smallest absolute Gasteiger partial charge is 0.411 e. The molecule has 0 saturated carbocycles. The van der Waals surface area contributed by atoms with Crippen molar-refractivity contribution in [3.63, 3.8) is 0 Å². The molecule has 7 heteroatoms. The zero-order valence-electron chi connectivity index (χ0n) is 22.2. The molecular formula is C26H52N2PbS4. The van der Waals surface area contributed by atoms with Gasteiger partial charge in [0.15, 0.2) is 0 Å². The van der Waals surface area contributed by atoms with E-state index in [-0.39, 0.29) is 27.3 Å². The molecule has 0 fully saturated rings. The molecule has 0 aromatic rings. The number of nitrogens with zero attached hydrogens (tertiary/aromatic N) is 2. The van der Waals surface area contributed by atoms with Crippen molar-refractivity contribution in [2.45, 2.75) is 130 Å². The third-order valence-electron chi connectivity index (χ3n) is 5.64. The Kier molecular flexibility index (Phi) is 36.5. The van der Waals surface area contributed by atoms with Crippen molar-refractivity contribution in [3.8, 4) is 0 Å². The summed E-state index contributed by atoms with van der Waals surface area (Å²) in [4.78, 5) is 4.41. The molecule has 0 aliphatic rings. The monoisotopic (exact) mass is 728 g/mol. The fraction of sp³-hybridized carbons (Fsp3) is 0.923. The average Bonchev–Trinajstić information content (AvgIpc) is 2.77. The minimum Gasteiger partial charge on any atom is -0.411 e. The second-order valence-electron chi connectivity index (χ2n) is 8.75. The Morgan fingerprint density at radius 2 is 0.667 bits per heavy atom. The van der Waals surface area contributed by atoms with Gasteiger partial charge in [0.1, 0.15) is 0 Å². The van der Waals surface area contributed by atoms with Crippen LogP contribution in [0.2, 0.25) is 0 Å². The summed E-state index contributed by atoms with van der Waals surface area (Å²) >= 11 is 20.5. The van der Waals surface area contributed by atoms with E-state index in [1.807, 2.05) is 0 Å². The van der Waals surface area contributed by atoms with E-state index in [1.165, 1.54) is 103 Å². The molecule has 0 aromatic heterocycles. The van der Waals surface area contributed by atoms with Crippen LogP contribution in [0.5, 0.6) is 0 Å². The second-order valence-corrected chi connectivity index (χ2v) is 10.8. The van der Waals surface area contributed by atoms with Gasteiger partial charge in [0.2, 0.25) is 0 Å². The Hall–Kier alpha value is 1.14. The zero-order chi connectivity index (χ0) is 24.5. The van der Waals surface area contributed by atoms with Gasteiger partial charge >= 0.3 is 27.3 Å². The van der Waals surface area contributed by atoms with Crippen LogP contribution in [0.4, 0.5) is 0 Å². The molecule has 0 N–H and O–H groups in total. The quantitative estimate of drug-likeness (QED) is 0.0537. The molecule has 0 aliphatic carbocycles. The molecule has 2 radical (unpaired) electrons. The van der Waals surface area contributed by atoms with E-state index in [9.17, 15) is 0 Å². The van der Waals surface area contributed by atoms with Gasteiger partial charge in [-0.25, -0.2) is 0 Å². The van der Waals surface area contributed by atoms with Crippen LogP contribution in [0.15, 0.2) is 0 Å². The number of hydrogen-bond acceptors (Lipinski definition) is 4. The van der Waals surface area contributed by atoms with E-state index in [2.05, 4.69) is 37.5 Å². The van der Waals surface area contributed by atoms with E-state index in [0.717, 1.165) is 26.2 Å². The Bertz CT molecular complexity index is 363. The zero-order valence-corrected chi connectivity index (χ0v) is 29.3. The molecule has 2 nitrogen and oxygen atoms in total. The first-order valence-electron chi connectivity index (χ1n) is 13.4. The fourth-order valence-electron chi connectivity index (χ4n) is 3.51. The van der Waals surface area contributed by atoms with E-state index in [4.69, 9.17) is 49.7 Å². The Morgan fingerprint density at radius 3 is 0.818 bits per heavy atom. The molecule has 0 heterocycles. The summed E-state index contributed by atoms with van der Waals surface area (Å²) in [6.45, 7) is 13.2. The van der Waals surface area contributed by atoms with E-state index in [0.29, 0.717) is 8.64 Å². The predicted octanol–water partition coefficient (Wildman–Crippen LogP) is 8.18. The summed E-state index contributed by atoms with van der Waals surface area (Å²) in [6.07, 6.45) is 20.6. The summed E-state index contributed by atoms with van der Waals surface area (Å²) in [6, 6.07) is 0. The third-order valence-corrected chi connectivity index (χ3v) is 6.68. The van der Waals surface area contributed by atoms with Crippen molar-refractivity contribution in [3.05, 3.63) is 0 Å². The fourth-order valence-corrected chi connectivity index (χ4v) is 4.24. The van der Waals surface area contributed by atoms with Crippen molar-refractivity contribution < 1.29 is 0 Å². The van der Waals surface area contributed by atoms with E-state index < -0.39 is 0 Å². The normalized spacial score (nSPS) is 10.1. The minimum atomic E-state index is 0. The number of thiocarbonyl (C=S) groups is 2. The van der Waals surface area contributed by atoms with Gasteiger partial charge in [0, 0.05) is 26.2 Å². The topological polar surface area (TPSA) is 6.48 Å². The van der Waals surface area contributed by atoms with Crippen LogP contribution in [-0.4, -0.2) is 71.9 Å². The number of unbranched alkanes of at least 4 members (excludes halogenated alkanes) is 12. The third kappa shape index (κ3) is 29.3. The van der Waals surface area contributed by atoms with Crippen molar-refractivity contribution in [2.24, 2.45) is 0 Å². The molecule has 0 spiro atoms. The van der Waals surface area contributed by atoms with Crippen LogP contribution < -0.4 is 0 Å². The summed E-state index contributed by atoms with van der Waals surface area (Å²) < 4.78 is 1.32. The molecule has 0 rings (SSSR count). The first-order valence-corrected chi connectivity index (χ1v) is 15.0. The van der Waals surface area contributed by atoms with Crippen molar-refractivity contribution in [2.75, 3.05) is 26.2 Å². The van der Waals surface area contributed by atoms with Gasteiger partial charge in [-0.1, -0.05) is 113 Å². The standard InChI is InChI=1S/2C13H27NS2.Pb/c2*1-3-5-7-9-11-14(13(15)16)12-10-8-6-4-2;/h2*3-12H2,1-2H3,(H,15,16);/q;;+2/p-2. The van der Waals surface area contributed by atoms with Crippen molar-refractivity contribution in [1.29, 1.82) is 0 Å². The van der Waals surface area contributed by atoms with Crippen LogP contribution >= 0.6 is 24.4 Å². The molecule has 0 aliphatic heterocycles. The number of hydrogen-bond donors (Lipinski definition) is 0. The first-order chi connectivity index (χ1) is 15.4. The van der Waals surface area contributed by atoms with Gasteiger partial charge in [-0.2, -0.15) is 0 Å². The van der Waals surface area contributed by atoms with Gasteiger partial charge < -0.3 is 59.5 Å². The Morgan fingerprint density at radius 1 is 0.455 bits per heavy atom. The summed E-state index contributed by atoms with van der Waals surface area (Å²) in [5.41, 5.74) is 0. The van der Waals surface area contributed by atoms with Crippen LogP contribution in [-0.2, 0) is 25.3 Å². The molecule has 0 bridgehead atoms. The summed E-state index contributed by atoms with van der Waals surface area (Å²) in [7, 11) is 0. The molecule has 0 amide bonds. The van der Waals surface area contributed by atoms with E-state index in [1.54, 1.807) is 0 Å². The molecule has 33 heavy (non-hydrogen) atoms. The first kappa shape index (κ1) is 38.7. The van der Waals surface area contributed by atoms with Gasteiger partial charge in [-0.05, 0) is 25.7 Å². The van der Waals surface area contributed by atoms with Gasteiger partial charge in [-0.15, -0.1) is 0 Å². The van der Waals surface area contributed by atoms with Gasteiger partial charge in [0.05, 0.1) is 0 Å². The van der Waals surface area contributed by atoms with Gasteiger partial charge in [0.25, 0.3) is 0 Å². The molecule has 0 aromatic carbocycles. The van der Waals surface area contributed by atoms with Crippen LogP contribution in [0, 0.1) is 0 Å². The molecule has 0 atom stereocenters. The number of rotatable bonds is 20. The second kappa shape index (κ2) is 31.2. The van der Waals surface area contributed by atoms with E-state index >= 15 is 0 Å². The SMILES string of the molecule is CCCCCCN(CCCCCC)C(=S)[S-].CCCCCCN(CCCCCC)C(=S)[S-].[Pb+2]. The summed E-state index contributed by atoms with van der Waals surface area (Å²) in [5, 5.41) is 0.